The second kappa shape index (κ2) is 7.71. The first-order valence-electron chi connectivity index (χ1n) is 6.37. The molecule has 0 N–H and O–H groups in total. The van der Waals surface area contributed by atoms with Gasteiger partial charge in [0.05, 0.1) is 10.6 Å². The van der Waals surface area contributed by atoms with E-state index < -0.39 is 5.82 Å². The van der Waals surface area contributed by atoms with Crippen molar-refractivity contribution < 1.29 is 9.18 Å². The predicted molar refractivity (Wildman–Crippen MR) is 77.5 cm³/mol. The van der Waals surface area contributed by atoms with Gasteiger partial charge >= 0.3 is 0 Å². The minimum Gasteiger partial charge on any atom is -0.334 e. The Hall–Kier alpha value is -0.800. The predicted octanol–water partition coefficient (Wildman–Crippen LogP) is 4.35. The molecule has 0 fully saturated rings. The SMILES string of the molecule is CCC(CC)N(CCCl)C(=O)c1cccc(F)c1Cl. The molecule has 1 aromatic carbocycles. The Morgan fingerprint density at radius 3 is 2.53 bits per heavy atom. The summed E-state index contributed by atoms with van der Waals surface area (Å²) in [5.74, 6) is -0.503. The van der Waals surface area contributed by atoms with Gasteiger partial charge < -0.3 is 4.90 Å². The van der Waals surface area contributed by atoms with E-state index in [1.807, 2.05) is 13.8 Å². The third-order valence-electron chi connectivity index (χ3n) is 3.15. The standard InChI is InChI=1S/C14H18Cl2FNO/c1-3-10(4-2)18(9-8-15)14(19)11-6-5-7-12(17)13(11)16/h5-7,10H,3-4,8-9H2,1-2H3. The van der Waals surface area contributed by atoms with E-state index in [2.05, 4.69) is 0 Å². The number of rotatable bonds is 6. The molecular formula is C14H18Cl2FNO. The zero-order chi connectivity index (χ0) is 14.4. The highest BCUT2D eigenvalue weighted by atomic mass is 35.5. The summed E-state index contributed by atoms with van der Waals surface area (Å²) in [6, 6.07) is 4.35. The van der Waals surface area contributed by atoms with Gasteiger partial charge in [-0.3, -0.25) is 4.79 Å². The number of carbonyl (C=O) groups is 1. The third kappa shape index (κ3) is 3.83. The van der Waals surface area contributed by atoms with E-state index in [1.165, 1.54) is 18.2 Å². The van der Waals surface area contributed by atoms with Gasteiger partial charge in [-0.25, -0.2) is 4.39 Å². The van der Waals surface area contributed by atoms with E-state index in [9.17, 15) is 9.18 Å². The first-order valence-corrected chi connectivity index (χ1v) is 7.28. The van der Waals surface area contributed by atoms with Crippen LogP contribution in [0.2, 0.25) is 5.02 Å². The van der Waals surface area contributed by atoms with Gasteiger partial charge in [-0.1, -0.05) is 31.5 Å². The van der Waals surface area contributed by atoms with Crippen molar-refractivity contribution >= 4 is 29.1 Å². The van der Waals surface area contributed by atoms with E-state index in [0.717, 1.165) is 12.8 Å². The maximum Gasteiger partial charge on any atom is 0.255 e. The fourth-order valence-corrected chi connectivity index (χ4v) is 2.48. The quantitative estimate of drug-likeness (QED) is 0.716. The summed E-state index contributed by atoms with van der Waals surface area (Å²) in [6.07, 6.45) is 1.65. The maximum absolute atomic E-state index is 13.4. The van der Waals surface area contributed by atoms with Gasteiger partial charge in [-0.15, -0.1) is 11.6 Å². The lowest BCUT2D eigenvalue weighted by Gasteiger charge is -2.30. The molecule has 19 heavy (non-hydrogen) atoms. The Bertz CT molecular complexity index is 435. The molecule has 1 rings (SSSR count). The molecule has 0 saturated heterocycles. The normalized spacial score (nSPS) is 10.8. The molecule has 0 unspecified atom stereocenters. The fourth-order valence-electron chi connectivity index (χ4n) is 2.09. The first kappa shape index (κ1) is 16.3. The average molecular weight is 306 g/mol. The van der Waals surface area contributed by atoms with Crippen molar-refractivity contribution in [1.29, 1.82) is 0 Å². The molecule has 0 saturated carbocycles. The van der Waals surface area contributed by atoms with Gasteiger partial charge in [-0.05, 0) is 25.0 Å². The van der Waals surface area contributed by atoms with Crippen LogP contribution in [0.1, 0.15) is 37.0 Å². The van der Waals surface area contributed by atoms with Crippen LogP contribution in [0.25, 0.3) is 0 Å². The molecule has 1 amide bonds. The Labute approximate surface area is 123 Å². The first-order chi connectivity index (χ1) is 9.06. The molecule has 106 valence electrons. The molecule has 1 aromatic rings. The molecule has 0 atom stereocenters. The minimum absolute atomic E-state index is 0.0885. The summed E-state index contributed by atoms with van der Waals surface area (Å²) in [5, 5.41) is -0.127. The number of amides is 1. The number of benzene rings is 1. The Kier molecular flexibility index (Phi) is 6.59. The van der Waals surface area contributed by atoms with E-state index in [0.29, 0.717) is 12.4 Å². The molecule has 5 heteroatoms. The highest BCUT2D eigenvalue weighted by Crippen LogP contribution is 2.23. The van der Waals surface area contributed by atoms with Gasteiger partial charge in [0, 0.05) is 18.5 Å². The molecule has 0 bridgehead atoms. The van der Waals surface area contributed by atoms with Crippen LogP contribution in [0.15, 0.2) is 18.2 Å². The van der Waals surface area contributed by atoms with Crippen molar-refractivity contribution in [3.8, 4) is 0 Å². The van der Waals surface area contributed by atoms with Crippen LogP contribution in [0, 0.1) is 5.82 Å². The van der Waals surface area contributed by atoms with Crippen molar-refractivity contribution in [2.24, 2.45) is 0 Å². The lowest BCUT2D eigenvalue weighted by molar-refractivity contribution is 0.0681. The highest BCUT2D eigenvalue weighted by Gasteiger charge is 2.24. The van der Waals surface area contributed by atoms with Crippen molar-refractivity contribution in [1.82, 2.24) is 4.90 Å². The van der Waals surface area contributed by atoms with Crippen molar-refractivity contribution in [2.75, 3.05) is 12.4 Å². The molecule has 2 nitrogen and oxygen atoms in total. The molecular weight excluding hydrogens is 288 g/mol. The van der Waals surface area contributed by atoms with Crippen molar-refractivity contribution in [2.45, 2.75) is 32.7 Å². The van der Waals surface area contributed by atoms with Crippen LogP contribution < -0.4 is 0 Å². The van der Waals surface area contributed by atoms with Gasteiger partial charge in [0.15, 0.2) is 0 Å². The maximum atomic E-state index is 13.4. The summed E-state index contributed by atoms with van der Waals surface area (Å²) in [6.45, 7) is 4.45. The van der Waals surface area contributed by atoms with E-state index in [-0.39, 0.29) is 22.5 Å². The molecule has 0 aliphatic rings. The Morgan fingerprint density at radius 1 is 1.37 bits per heavy atom. The molecule has 0 spiro atoms. The average Bonchev–Trinajstić information content (AvgIpc) is 2.41. The number of hydrogen-bond donors (Lipinski definition) is 0. The van der Waals surface area contributed by atoms with Gasteiger partial charge in [0.25, 0.3) is 5.91 Å². The minimum atomic E-state index is -0.581. The van der Waals surface area contributed by atoms with Crippen LogP contribution in [0.5, 0.6) is 0 Å². The zero-order valence-electron chi connectivity index (χ0n) is 11.1. The number of hydrogen-bond acceptors (Lipinski definition) is 1. The summed E-state index contributed by atoms with van der Waals surface area (Å²) in [7, 11) is 0. The Morgan fingerprint density at radius 2 is 2.00 bits per heavy atom. The molecule has 0 aliphatic carbocycles. The Balaban J connectivity index is 3.08. The van der Waals surface area contributed by atoms with Crippen LogP contribution in [-0.4, -0.2) is 29.3 Å². The van der Waals surface area contributed by atoms with E-state index >= 15 is 0 Å². The topological polar surface area (TPSA) is 20.3 Å². The van der Waals surface area contributed by atoms with Crippen molar-refractivity contribution in [3.63, 3.8) is 0 Å². The second-order valence-electron chi connectivity index (χ2n) is 4.26. The van der Waals surface area contributed by atoms with Gasteiger partial charge in [0.2, 0.25) is 0 Å². The summed E-state index contributed by atoms with van der Waals surface area (Å²) in [5.41, 5.74) is 0.193. The number of nitrogens with zero attached hydrogens (tertiary/aromatic N) is 1. The number of alkyl halides is 1. The fraction of sp³-hybridized carbons (Fsp3) is 0.500. The monoisotopic (exact) mass is 305 g/mol. The van der Waals surface area contributed by atoms with Crippen molar-refractivity contribution in [3.05, 3.63) is 34.6 Å². The van der Waals surface area contributed by atoms with Crippen LogP contribution in [0.3, 0.4) is 0 Å². The summed E-state index contributed by atoms with van der Waals surface area (Å²) >= 11 is 11.6. The lowest BCUT2D eigenvalue weighted by Crippen LogP contribution is -2.41. The second-order valence-corrected chi connectivity index (χ2v) is 5.02. The van der Waals surface area contributed by atoms with E-state index in [1.54, 1.807) is 4.90 Å². The molecule has 0 aromatic heterocycles. The van der Waals surface area contributed by atoms with E-state index in [4.69, 9.17) is 23.2 Å². The highest BCUT2D eigenvalue weighted by molar-refractivity contribution is 6.34. The van der Waals surface area contributed by atoms with Gasteiger partial charge in [0.1, 0.15) is 5.82 Å². The van der Waals surface area contributed by atoms with Crippen LogP contribution in [-0.2, 0) is 0 Å². The van der Waals surface area contributed by atoms with Crippen LogP contribution in [0.4, 0.5) is 4.39 Å². The van der Waals surface area contributed by atoms with Gasteiger partial charge in [-0.2, -0.15) is 0 Å². The van der Waals surface area contributed by atoms with Crippen LogP contribution >= 0.6 is 23.2 Å². The third-order valence-corrected chi connectivity index (χ3v) is 3.70. The largest absolute Gasteiger partial charge is 0.334 e. The molecule has 0 aliphatic heterocycles. The summed E-state index contributed by atoms with van der Waals surface area (Å²) < 4.78 is 13.4. The summed E-state index contributed by atoms with van der Waals surface area (Å²) in [4.78, 5) is 14.2. The molecule has 0 heterocycles. The smallest absolute Gasteiger partial charge is 0.255 e. The zero-order valence-corrected chi connectivity index (χ0v) is 12.6. The number of halogens is 3. The number of carbonyl (C=O) groups excluding carboxylic acids is 1. The molecule has 0 radical (unpaired) electrons. The lowest BCUT2D eigenvalue weighted by atomic mass is 10.1.